The van der Waals surface area contributed by atoms with E-state index in [2.05, 4.69) is 20.9 Å². The Balaban J connectivity index is 2.31. The number of pyridine rings is 1. The van der Waals surface area contributed by atoms with Gasteiger partial charge in [0.25, 0.3) is 0 Å². The van der Waals surface area contributed by atoms with Crippen LogP contribution in [0.1, 0.15) is 17.4 Å². The van der Waals surface area contributed by atoms with Crippen LogP contribution in [-0.4, -0.2) is 10.1 Å². The van der Waals surface area contributed by atoms with Crippen molar-refractivity contribution in [2.75, 3.05) is 0 Å². The molecule has 2 nitrogen and oxygen atoms in total. The molecule has 4 heteroatoms. The highest BCUT2D eigenvalue weighted by molar-refractivity contribution is 9.10. The minimum Gasteiger partial charge on any atom is -0.382 e. The van der Waals surface area contributed by atoms with E-state index in [1.54, 1.807) is 30.3 Å². The van der Waals surface area contributed by atoms with Crippen molar-refractivity contribution < 1.29 is 5.11 Å². The molecule has 0 radical (unpaired) electrons. The summed E-state index contributed by atoms with van der Waals surface area (Å²) in [7, 11) is 0. The van der Waals surface area contributed by atoms with Gasteiger partial charge in [-0.1, -0.05) is 29.8 Å². The van der Waals surface area contributed by atoms with Crippen LogP contribution in [-0.2, 0) is 0 Å². The number of hydrogen-bond acceptors (Lipinski definition) is 2. The molecule has 16 heavy (non-hydrogen) atoms. The van der Waals surface area contributed by atoms with Crippen LogP contribution in [0.3, 0.4) is 0 Å². The molecule has 1 aromatic heterocycles. The van der Waals surface area contributed by atoms with Gasteiger partial charge in [-0.15, -0.1) is 0 Å². The molecule has 0 saturated heterocycles. The lowest BCUT2D eigenvalue weighted by atomic mass is 10.1. The highest BCUT2D eigenvalue weighted by Gasteiger charge is 2.11. The van der Waals surface area contributed by atoms with Gasteiger partial charge in [0, 0.05) is 5.02 Å². The molecule has 82 valence electrons. The minimum absolute atomic E-state index is 0.608. The van der Waals surface area contributed by atoms with Crippen LogP contribution in [0.15, 0.2) is 47.1 Å². The lowest BCUT2D eigenvalue weighted by Gasteiger charge is -2.10. The van der Waals surface area contributed by atoms with Crippen molar-refractivity contribution in [1.29, 1.82) is 0 Å². The van der Waals surface area contributed by atoms with E-state index >= 15 is 0 Å². The first kappa shape index (κ1) is 11.6. The van der Waals surface area contributed by atoms with Gasteiger partial charge in [0.2, 0.25) is 0 Å². The third-order valence-corrected chi connectivity index (χ3v) is 2.90. The van der Waals surface area contributed by atoms with E-state index in [9.17, 15) is 5.11 Å². The molecule has 1 N–H and O–H groups in total. The van der Waals surface area contributed by atoms with Crippen LogP contribution in [0, 0.1) is 0 Å². The van der Waals surface area contributed by atoms with Gasteiger partial charge in [0.1, 0.15) is 10.7 Å². The third-order valence-electron chi connectivity index (χ3n) is 2.20. The summed E-state index contributed by atoms with van der Waals surface area (Å²) in [6.07, 6.45) is -0.727. The Morgan fingerprint density at radius 3 is 2.44 bits per heavy atom. The molecule has 1 unspecified atom stereocenters. The fraction of sp³-hybridized carbons (Fsp3) is 0.0833. The predicted molar refractivity (Wildman–Crippen MR) is 67.5 cm³/mol. The molecular formula is C12H9BrClNO. The number of benzene rings is 1. The van der Waals surface area contributed by atoms with E-state index in [-0.39, 0.29) is 0 Å². The van der Waals surface area contributed by atoms with Crippen molar-refractivity contribution in [2.24, 2.45) is 0 Å². The lowest BCUT2D eigenvalue weighted by Crippen LogP contribution is -2.01. The molecule has 0 spiro atoms. The largest absolute Gasteiger partial charge is 0.382 e. The topological polar surface area (TPSA) is 33.1 Å². The average molecular weight is 299 g/mol. The molecule has 0 aliphatic rings. The summed E-state index contributed by atoms with van der Waals surface area (Å²) in [5.74, 6) is 0. The van der Waals surface area contributed by atoms with Crippen molar-refractivity contribution >= 4 is 27.5 Å². The van der Waals surface area contributed by atoms with Crippen molar-refractivity contribution in [3.05, 3.63) is 63.3 Å². The number of nitrogens with zero attached hydrogens (tertiary/aromatic N) is 1. The van der Waals surface area contributed by atoms with Crippen LogP contribution >= 0.6 is 27.5 Å². The predicted octanol–water partition coefficient (Wildman–Crippen LogP) is 3.58. The van der Waals surface area contributed by atoms with Gasteiger partial charge in [0.15, 0.2) is 0 Å². The maximum absolute atomic E-state index is 10.1. The Morgan fingerprint density at radius 2 is 1.81 bits per heavy atom. The number of rotatable bonds is 2. The van der Waals surface area contributed by atoms with Gasteiger partial charge in [0.05, 0.1) is 5.69 Å². The summed E-state index contributed by atoms with van der Waals surface area (Å²) in [5, 5.41) is 10.7. The normalized spacial score (nSPS) is 12.4. The van der Waals surface area contributed by atoms with E-state index in [0.29, 0.717) is 15.3 Å². The molecule has 1 heterocycles. The zero-order valence-corrected chi connectivity index (χ0v) is 10.6. The zero-order valence-electron chi connectivity index (χ0n) is 8.27. The summed E-state index contributed by atoms with van der Waals surface area (Å²) < 4.78 is 0.706. The highest BCUT2D eigenvalue weighted by Crippen LogP contribution is 2.22. The first-order valence-corrected chi connectivity index (χ1v) is 5.90. The highest BCUT2D eigenvalue weighted by atomic mass is 79.9. The van der Waals surface area contributed by atoms with Gasteiger partial charge >= 0.3 is 0 Å². The van der Waals surface area contributed by atoms with Crippen LogP contribution in [0.4, 0.5) is 0 Å². The lowest BCUT2D eigenvalue weighted by molar-refractivity contribution is 0.215. The summed E-state index contributed by atoms with van der Waals surface area (Å²) in [6, 6.07) is 12.5. The summed E-state index contributed by atoms with van der Waals surface area (Å²) in [4.78, 5) is 4.21. The second kappa shape index (κ2) is 4.95. The number of hydrogen-bond donors (Lipinski definition) is 1. The van der Waals surface area contributed by atoms with E-state index in [1.165, 1.54) is 0 Å². The standard InChI is InChI=1S/C12H9BrClNO/c13-11-3-1-2-10(15-11)12(16)8-4-6-9(14)7-5-8/h1-7,12,16H. The van der Waals surface area contributed by atoms with Crippen LogP contribution in [0.5, 0.6) is 0 Å². The van der Waals surface area contributed by atoms with Crippen molar-refractivity contribution in [3.63, 3.8) is 0 Å². The maximum Gasteiger partial charge on any atom is 0.121 e. The molecule has 0 saturated carbocycles. The Labute approximate surface area is 107 Å². The second-order valence-corrected chi connectivity index (χ2v) is 4.59. The van der Waals surface area contributed by atoms with Crippen molar-refractivity contribution in [2.45, 2.75) is 6.10 Å². The van der Waals surface area contributed by atoms with Crippen molar-refractivity contribution in [3.8, 4) is 0 Å². The number of halogens is 2. The van der Waals surface area contributed by atoms with Crippen LogP contribution in [0.25, 0.3) is 0 Å². The molecule has 1 atom stereocenters. The van der Waals surface area contributed by atoms with Gasteiger partial charge in [-0.2, -0.15) is 0 Å². The monoisotopic (exact) mass is 297 g/mol. The van der Waals surface area contributed by atoms with E-state index in [0.717, 1.165) is 5.56 Å². The Morgan fingerprint density at radius 1 is 1.12 bits per heavy atom. The maximum atomic E-state index is 10.1. The number of aliphatic hydroxyl groups is 1. The second-order valence-electron chi connectivity index (χ2n) is 3.34. The summed E-state index contributed by atoms with van der Waals surface area (Å²) >= 11 is 9.05. The van der Waals surface area contributed by atoms with Gasteiger partial charge in [-0.3, -0.25) is 0 Å². The molecule has 2 aromatic rings. The van der Waals surface area contributed by atoms with Gasteiger partial charge in [-0.05, 0) is 45.8 Å². The van der Waals surface area contributed by atoms with Gasteiger partial charge in [-0.25, -0.2) is 4.98 Å². The molecule has 1 aromatic carbocycles. The van der Waals surface area contributed by atoms with E-state index < -0.39 is 6.10 Å². The third kappa shape index (κ3) is 2.61. The summed E-state index contributed by atoms with van der Waals surface area (Å²) in [5.41, 5.74) is 1.38. The van der Waals surface area contributed by atoms with E-state index in [1.807, 2.05) is 12.1 Å². The molecule has 0 aliphatic heterocycles. The molecule has 0 bridgehead atoms. The molecule has 0 amide bonds. The number of aliphatic hydroxyl groups excluding tert-OH is 1. The first-order chi connectivity index (χ1) is 7.66. The Hall–Kier alpha value is -0.900. The molecule has 0 fully saturated rings. The Bertz CT molecular complexity index is 487. The molecule has 2 rings (SSSR count). The molecule has 0 aliphatic carbocycles. The van der Waals surface area contributed by atoms with Crippen molar-refractivity contribution in [1.82, 2.24) is 4.98 Å². The fourth-order valence-corrected chi connectivity index (χ4v) is 1.88. The average Bonchev–Trinajstić information content (AvgIpc) is 2.29. The molecular weight excluding hydrogens is 289 g/mol. The smallest absolute Gasteiger partial charge is 0.121 e. The number of aromatic nitrogens is 1. The van der Waals surface area contributed by atoms with E-state index in [4.69, 9.17) is 11.6 Å². The fourth-order valence-electron chi connectivity index (χ4n) is 1.39. The van der Waals surface area contributed by atoms with Crippen LogP contribution < -0.4 is 0 Å². The van der Waals surface area contributed by atoms with Gasteiger partial charge < -0.3 is 5.11 Å². The minimum atomic E-state index is -0.727. The van der Waals surface area contributed by atoms with Crippen LogP contribution in [0.2, 0.25) is 5.02 Å². The SMILES string of the molecule is OC(c1ccc(Cl)cc1)c1cccc(Br)n1. The quantitative estimate of drug-likeness (QED) is 0.860. The first-order valence-electron chi connectivity index (χ1n) is 4.73. The zero-order chi connectivity index (χ0) is 11.5. The Kier molecular flexibility index (Phi) is 3.59. The summed E-state index contributed by atoms with van der Waals surface area (Å²) in [6.45, 7) is 0.